The number of carbonyl (C=O) groups excluding carboxylic acids is 1. The standard InChI is InChI=1S/C13H25NO3/c1-3-7-11(12(15)17-4-2)14-10-13(16)8-5-6-9-13/h11,14,16H,3-10H2,1-2H3. The predicted octanol–water partition coefficient (Wildman–Crippen LogP) is 1.61. The minimum atomic E-state index is -0.613. The van der Waals surface area contributed by atoms with Gasteiger partial charge in [-0.15, -0.1) is 0 Å². The van der Waals surface area contributed by atoms with Crippen LogP contribution in [0.2, 0.25) is 0 Å². The zero-order valence-corrected chi connectivity index (χ0v) is 11.0. The number of ether oxygens (including phenoxy) is 1. The number of carbonyl (C=O) groups is 1. The van der Waals surface area contributed by atoms with E-state index in [1.807, 2.05) is 13.8 Å². The van der Waals surface area contributed by atoms with Gasteiger partial charge >= 0.3 is 5.97 Å². The first-order valence-electron chi connectivity index (χ1n) is 6.73. The SMILES string of the molecule is CCCC(NCC1(O)CCCC1)C(=O)OCC. The molecule has 1 atom stereocenters. The molecule has 0 heterocycles. The summed E-state index contributed by atoms with van der Waals surface area (Å²) in [5, 5.41) is 13.4. The molecule has 0 bridgehead atoms. The van der Waals surface area contributed by atoms with Crippen LogP contribution in [-0.4, -0.2) is 35.9 Å². The van der Waals surface area contributed by atoms with Gasteiger partial charge in [0.2, 0.25) is 0 Å². The molecule has 0 saturated heterocycles. The van der Waals surface area contributed by atoms with Gasteiger partial charge in [-0.2, -0.15) is 0 Å². The molecule has 0 aliphatic heterocycles. The van der Waals surface area contributed by atoms with Gasteiger partial charge in [0.15, 0.2) is 0 Å². The summed E-state index contributed by atoms with van der Waals surface area (Å²) in [7, 11) is 0. The van der Waals surface area contributed by atoms with E-state index >= 15 is 0 Å². The van der Waals surface area contributed by atoms with Crippen LogP contribution in [0.5, 0.6) is 0 Å². The van der Waals surface area contributed by atoms with Gasteiger partial charge in [-0.05, 0) is 26.2 Å². The van der Waals surface area contributed by atoms with Crippen molar-refractivity contribution < 1.29 is 14.6 Å². The van der Waals surface area contributed by atoms with E-state index in [9.17, 15) is 9.90 Å². The second kappa shape index (κ2) is 6.97. The molecule has 0 aromatic heterocycles. The van der Waals surface area contributed by atoms with Crippen molar-refractivity contribution in [2.45, 2.75) is 64.0 Å². The highest BCUT2D eigenvalue weighted by molar-refractivity contribution is 5.75. The largest absolute Gasteiger partial charge is 0.465 e. The Morgan fingerprint density at radius 2 is 2.06 bits per heavy atom. The first-order chi connectivity index (χ1) is 8.11. The maximum absolute atomic E-state index is 11.7. The lowest BCUT2D eigenvalue weighted by molar-refractivity contribution is -0.146. The second-order valence-electron chi connectivity index (χ2n) is 4.91. The zero-order valence-electron chi connectivity index (χ0n) is 11.0. The molecule has 100 valence electrons. The first-order valence-corrected chi connectivity index (χ1v) is 6.73. The van der Waals surface area contributed by atoms with E-state index in [1.165, 1.54) is 0 Å². The van der Waals surface area contributed by atoms with Crippen molar-refractivity contribution in [3.8, 4) is 0 Å². The Bertz CT molecular complexity index is 237. The van der Waals surface area contributed by atoms with Crippen molar-refractivity contribution in [1.29, 1.82) is 0 Å². The molecule has 1 saturated carbocycles. The molecule has 1 fully saturated rings. The van der Waals surface area contributed by atoms with Gasteiger partial charge in [-0.3, -0.25) is 4.79 Å². The summed E-state index contributed by atoms with van der Waals surface area (Å²) in [4.78, 5) is 11.7. The topological polar surface area (TPSA) is 58.6 Å². The Labute approximate surface area is 104 Å². The highest BCUT2D eigenvalue weighted by Crippen LogP contribution is 2.28. The predicted molar refractivity (Wildman–Crippen MR) is 66.7 cm³/mol. The Kier molecular flexibility index (Phi) is 5.92. The molecule has 17 heavy (non-hydrogen) atoms. The Morgan fingerprint density at radius 3 is 2.59 bits per heavy atom. The van der Waals surface area contributed by atoms with Gasteiger partial charge < -0.3 is 15.2 Å². The van der Waals surface area contributed by atoms with Crippen molar-refractivity contribution in [3.05, 3.63) is 0 Å². The van der Waals surface area contributed by atoms with Crippen LogP contribution >= 0.6 is 0 Å². The summed E-state index contributed by atoms with van der Waals surface area (Å²) >= 11 is 0. The Balaban J connectivity index is 2.40. The minimum Gasteiger partial charge on any atom is -0.465 e. The molecule has 1 unspecified atom stereocenters. The number of rotatable bonds is 7. The molecule has 0 radical (unpaired) electrons. The molecule has 0 aromatic carbocycles. The molecule has 0 aromatic rings. The average Bonchev–Trinajstić information content (AvgIpc) is 2.72. The van der Waals surface area contributed by atoms with E-state index in [0.29, 0.717) is 13.2 Å². The summed E-state index contributed by atoms with van der Waals surface area (Å²) in [6, 6.07) is -0.274. The molecule has 1 aliphatic rings. The smallest absolute Gasteiger partial charge is 0.323 e. The van der Waals surface area contributed by atoms with Gasteiger partial charge in [-0.1, -0.05) is 26.2 Å². The van der Waals surface area contributed by atoms with E-state index < -0.39 is 5.60 Å². The lowest BCUT2D eigenvalue weighted by Crippen LogP contribution is -2.46. The third kappa shape index (κ3) is 4.64. The molecule has 2 N–H and O–H groups in total. The minimum absolute atomic E-state index is 0.198. The van der Waals surface area contributed by atoms with Crippen molar-refractivity contribution >= 4 is 5.97 Å². The molecule has 4 nitrogen and oxygen atoms in total. The van der Waals surface area contributed by atoms with E-state index in [1.54, 1.807) is 0 Å². The molecular weight excluding hydrogens is 218 g/mol. The zero-order chi connectivity index (χ0) is 12.7. The number of aliphatic hydroxyl groups is 1. The lowest BCUT2D eigenvalue weighted by atomic mass is 10.0. The fourth-order valence-electron chi connectivity index (χ4n) is 2.36. The Hall–Kier alpha value is -0.610. The number of hydrogen-bond donors (Lipinski definition) is 2. The molecule has 0 spiro atoms. The van der Waals surface area contributed by atoms with Gasteiger partial charge in [0.25, 0.3) is 0 Å². The van der Waals surface area contributed by atoms with Gasteiger partial charge in [0.1, 0.15) is 6.04 Å². The quantitative estimate of drug-likeness (QED) is 0.667. The van der Waals surface area contributed by atoms with Gasteiger partial charge in [-0.25, -0.2) is 0 Å². The van der Waals surface area contributed by atoms with E-state index in [0.717, 1.165) is 38.5 Å². The van der Waals surface area contributed by atoms with Crippen molar-refractivity contribution in [3.63, 3.8) is 0 Å². The summed E-state index contributed by atoms with van der Waals surface area (Å²) in [6.07, 6.45) is 5.51. The van der Waals surface area contributed by atoms with Crippen molar-refractivity contribution in [2.24, 2.45) is 0 Å². The maximum Gasteiger partial charge on any atom is 0.323 e. The van der Waals surface area contributed by atoms with Crippen LogP contribution in [0.4, 0.5) is 0 Å². The summed E-state index contributed by atoms with van der Waals surface area (Å²) in [5.41, 5.74) is -0.613. The van der Waals surface area contributed by atoms with Crippen molar-refractivity contribution in [1.82, 2.24) is 5.32 Å². The van der Waals surface area contributed by atoms with E-state index in [4.69, 9.17) is 4.74 Å². The van der Waals surface area contributed by atoms with Crippen LogP contribution in [0.3, 0.4) is 0 Å². The summed E-state index contributed by atoms with van der Waals surface area (Å²) in [6.45, 7) is 4.76. The summed E-state index contributed by atoms with van der Waals surface area (Å²) < 4.78 is 5.02. The highest BCUT2D eigenvalue weighted by atomic mass is 16.5. The fraction of sp³-hybridized carbons (Fsp3) is 0.923. The van der Waals surface area contributed by atoms with E-state index in [2.05, 4.69) is 5.32 Å². The highest BCUT2D eigenvalue weighted by Gasteiger charge is 2.32. The van der Waals surface area contributed by atoms with Crippen LogP contribution in [0.1, 0.15) is 52.4 Å². The van der Waals surface area contributed by atoms with Crippen molar-refractivity contribution in [2.75, 3.05) is 13.2 Å². The van der Waals surface area contributed by atoms with Gasteiger partial charge in [0, 0.05) is 6.54 Å². The Morgan fingerprint density at radius 1 is 1.41 bits per heavy atom. The van der Waals surface area contributed by atoms with Gasteiger partial charge in [0.05, 0.1) is 12.2 Å². The van der Waals surface area contributed by atoms with Crippen LogP contribution in [-0.2, 0) is 9.53 Å². The molecule has 1 rings (SSSR count). The molecule has 4 heteroatoms. The average molecular weight is 243 g/mol. The van der Waals surface area contributed by atoms with Crippen LogP contribution < -0.4 is 5.32 Å². The molecule has 1 aliphatic carbocycles. The third-order valence-electron chi connectivity index (χ3n) is 3.36. The summed E-state index contributed by atoms with van der Waals surface area (Å²) in [5.74, 6) is -0.198. The number of nitrogens with one attached hydrogen (secondary N) is 1. The monoisotopic (exact) mass is 243 g/mol. The third-order valence-corrected chi connectivity index (χ3v) is 3.36. The lowest BCUT2D eigenvalue weighted by Gasteiger charge is -2.25. The fourth-order valence-corrected chi connectivity index (χ4v) is 2.36. The van der Waals surface area contributed by atoms with Crippen LogP contribution in [0.25, 0.3) is 0 Å². The molecule has 0 amide bonds. The number of esters is 1. The maximum atomic E-state index is 11.7. The van der Waals surface area contributed by atoms with Crippen LogP contribution in [0.15, 0.2) is 0 Å². The molecular formula is C13H25NO3. The first kappa shape index (κ1) is 14.5. The van der Waals surface area contributed by atoms with Crippen LogP contribution in [0, 0.1) is 0 Å². The van der Waals surface area contributed by atoms with E-state index in [-0.39, 0.29) is 12.0 Å². The second-order valence-corrected chi connectivity index (χ2v) is 4.91. The normalized spacial score (nSPS) is 20.2. The number of hydrogen-bond acceptors (Lipinski definition) is 4.